The van der Waals surface area contributed by atoms with Crippen molar-refractivity contribution in [2.75, 3.05) is 18.4 Å². The van der Waals surface area contributed by atoms with Crippen molar-refractivity contribution in [2.45, 2.75) is 40.5 Å². The maximum absolute atomic E-state index is 13.0. The Bertz CT molecular complexity index is 843. The molecule has 1 aliphatic rings. The maximum Gasteiger partial charge on any atom is 0.253 e. The van der Waals surface area contributed by atoms with Crippen molar-refractivity contribution in [1.82, 2.24) is 4.90 Å². The van der Waals surface area contributed by atoms with Gasteiger partial charge in [0.2, 0.25) is 5.91 Å². The van der Waals surface area contributed by atoms with Crippen LogP contribution >= 0.6 is 0 Å². The Morgan fingerprint density at radius 1 is 0.929 bits per heavy atom. The molecule has 3 rings (SSSR count). The third-order valence-corrected chi connectivity index (χ3v) is 4.92. The molecule has 4 heteroatoms. The summed E-state index contributed by atoms with van der Waals surface area (Å²) in [5.74, 6) is 1.06. The van der Waals surface area contributed by atoms with Crippen LogP contribution in [-0.2, 0) is 11.2 Å². The second-order valence-electron chi connectivity index (χ2n) is 8.50. The van der Waals surface area contributed by atoms with Gasteiger partial charge in [-0.15, -0.1) is 0 Å². The standard InChI is InChI=1S/C24H30N2O2/c1-16(2)14-26(15-17(3)4)24(28)19-7-5-18(6-8-19)20-9-11-22-21(13-20)10-12-23(27)25-22/h5-9,11,13,16-17H,10,12,14-15H2,1-4H3,(H,25,27). The number of hydrogen-bond donors (Lipinski definition) is 1. The van der Waals surface area contributed by atoms with E-state index >= 15 is 0 Å². The molecule has 4 nitrogen and oxygen atoms in total. The SMILES string of the molecule is CC(C)CN(CC(C)C)C(=O)c1ccc(-c2ccc3c(c2)CCC(=O)N3)cc1. The van der Waals surface area contributed by atoms with Gasteiger partial charge in [0.1, 0.15) is 0 Å². The molecule has 1 aliphatic heterocycles. The van der Waals surface area contributed by atoms with Gasteiger partial charge in [-0.1, -0.05) is 45.9 Å². The highest BCUT2D eigenvalue weighted by Crippen LogP contribution is 2.29. The fourth-order valence-corrected chi connectivity index (χ4v) is 3.67. The second-order valence-corrected chi connectivity index (χ2v) is 8.50. The molecule has 0 atom stereocenters. The summed E-state index contributed by atoms with van der Waals surface area (Å²) in [6.45, 7) is 10.1. The van der Waals surface area contributed by atoms with Crippen LogP contribution in [0.4, 0.5) is 5.69 Å². The summed E-state index contributed by atoms with van der Waals surface area (Å²) in [5.41, 5.74) is 4.99. The van der Waals surface area contributed by atoms with Gasteiger partial charge in [-0.25, -0.2) is 0 Å². The van der Waals surface area contributed by atoms with E-state index < -0.39 is 0 Å². The Kier molecular flexibility index (Phi) is 6.18. The summed E-state index contributed by atoms with van der Waals surface area (Å²) < 4.78 is 0. The maximum atomic E-state index is 13.0. The second kappa shape index (κ2) is 8.59. The average molecular weight is 379 g/mol. The summed E-state index contributed by atoms with van der Waals surface area (Å²) in [5, 5.41) is 2.92. The van der Waals surface area contributed by atoms with E-state index in [1.165, 1.54) is 0 Å². The minimum Gasteiger partial charge on any atom is -0.338 e. The average Bonchev–Trinajstić information content (AvgIpc) is 2.66. The van der Waals surface area contributed by atoms with E-state index in [1.54, 1.807) is 0 Å². The van der Waals surface area contributed by atoms with E-state index in [1.807, 2.05) is 41.3 Å². The zero-order valence-electron chi connectivity index (χ0n) is 17.3. The molecule has 0 spiro atoms. The number of amides is 2. The lowest BCUT2D eigenvalue weighted by Crippen LogP contribution is -2.37. The van der Waals surface area contributed by atoms with Crippen LogP contribution in [0.5, 0.6) is 0 Å². The van der Waals surface area contributed by atoms with Crippen molar-refractivity contribution in [1.29, 1.82) is 0 Å². The van der Waals surface area contributed by atoms with Gasteiger partial charge in [-0.05, 0) is 59.2 Å². The number of nitrogens with one attached hydrogen (secondary N) is 1. The monoisotopic (exact) mass is 378 g/mol. The zero-order valence-corrected chi connectivity index (χ0v) is 17.3. The number of carbonyl (C=O) groups is 2. The molecule has 0 bridgehead atoms. The number of anilines is 1. The summed E-state index contributed by atoms with van der Waals surface area (Å²) >= 11 is 0. The fourth-order valence-electron chi connectivity index (χ4n) is 3.67. The van der Waals surface area contributed by atoms with Crippen LogP contribution in [0.15, 0.2) is 42.5 Å². The first-order chi connectivity index (χ1) is 13.3. The predicted octanol–water partition coefficient (Wildman–Crippen LogP) is 4.99. The lowest BCUT2D eigenvalue weighted by molar-refractivity contribution is -0.116. The Morgan fingerprint density at radius 2 is 1.54 bits per heavy atom. The summed E-state index contributed by atoms with van der Waals surface area (Å²) in [7, 11) is 0. The number of carbonyl (C=O) groups excluding carboxylic acids is 2. The van der Waals surface area contributed by atoms with Gasteiger partial charge >= 0.3 is 0 Å². The van der Waals surface area contributed by atoms with Gasteiger partial charge in [0.15, 0.2) is 0 Å². The Morgan fingerprint density at radius 3 is 2.14 bits per heavy atom. The first-order valence-corrected chi connectivity index (χ1v) is 10.2. The van der Waals surface area contributed by atoms with Crippen LogP contribution in [-0.4, -0.2) is 29.8 Å². The molecule has 0 aliphatic carbocycles. The Balaban J connectivity index is 1.79. The minimum absolute atomic E-state index is 0.0791. The van der Waals surface area contributed by atoms with Gasteiger partial charge in [0.25, 0.3) is 5.91 Å². The molecule has 0 radical (unpaired) electrons. The van der Waals surface area contributed by atoms with Gasteiger partial charge in [-0.3, -0.25) is 9.59 Å². The van der Waals surface area contributed by atoms with Crippen LogP contribution in [0, 0.1) is 11.8 Å². The van der Waals surface area contributed by atoms with Gasteiger partial charge in [-0.2, -0.15) is 0 Å². The van der Waals surface area contributed by atoms with Crippen molar-refractivity contribution in [3.8, 4) is 11.1 Å². The van der Waals surface area contributed by atoms with E-state index in [9.17, 15) is 9.59 Å². The van der Waals surface area contributed by atoms with E-state index in [2.05, 4.69) is 39.1 Å². The first kappa shape index (κ1) is 20.1. The molecule has 1 N–H and O–H groups in total. The molecule has 148 valence electrons. The highest BCUT2D eigenvalue weighted by Gasteiger charge is 2.19. The van der Waals surface area contributed by atoms with Crippen LogP contribution < -0.4 is 5.32 Å². The lowest BCUT2D eigenvalue weighted by Gasteiger charge is -2.26. The summed E-state index contributed by atoms with van der Waals surface area (Å²) in [6, 6.07) is 14.0. The van der Waals surface area contributed by atoms with Crippen molar-refractivity contribution in [3.05, 3.63) is 53.6 Å². The molecule has 0 saturated heterocycles. The van der Waals surface area contributed by atoms with Gasteiger partial charge < -0.3 is 10.2 Å². The summed E-state index contributed by atoms with van der Waals surface area (Å²) in [4.78, 5) is 26.5. The quantitative estimate of drug-likeness (QED) is 0.769. The van der Waals surface area contributed by atoms with Crippen LogP contribution in [0.1, 0.15) is 50.0 Å². The normalized spacial score (nSPS) is 13.4. The van der Waals surface area contributed by atoms with Crippen molar-refractivity contribution in [2.24, 2.45) is 11.8 Å². The Labute approximate surface area is 167 Å². The third kappa shape index (κ3) is 4.80. The van der Waals surface area contributed by atoms with E-state index in [4.69, 9.17) is 0 Å². The number of fused-ring (bicyclic) bond motifs is 1. The third-order valence-electron chi connectivity index (χ3n) is 4.92. The number of benzene rings is 2. The predicted molar refractivity (Wildman–Crippen MR) is 114 cm³/mol. The first-order valence-electron chi connectivity index (χ1n) is 10.2. The summed E-state index contributed by atoms with van der Waals surface area (Å²) in [6.07, 6.45) is 1.30. The number of rotatable bonds is 6. The van der Waals surface area contributed by atoms with E-state index in [-0.39, 0.29) is 11.8 Å². The van der Waals surface area contributed by atoms with E-state index in [0.717, 1.165) is 47.5 Å². The largest absolute Gasteiger partial charge is 0.338 e. The molecule has 2 amide bonds. The fraction of sp³-hybridized carbons (Fsp3) is 0.417. The van der Waals surface area contributed by atoms with Crippen LogP contribution in [0.25, 0.3) is 11.1 Å². The molecule has 0 unspecified atom stereocenters. The number of hydrogen-bond acceptors (Lipinski definition) is 2. The molecule has 2 aromatic rings. The molecule has 28 heavy (non-hydrogen) atoms. The molecule has 0 saturated carbocycles. The van der Waals surface area contributed by atoms with Crippen LogP contribution in [0.3, 0.4) is 0 Å². The molecule has 2 aromatic carbocycles. The number of aryl methyl sites for hydroxylation is 1. The lowest BCUT2D eigenvalue weighted by atomic mass is 9.96. The molecule has 1 heterocycles. The highest BCUT2D eigenvalue weighted by molar-refractivity contribution is 5.95. The highest BCUT2D eigenvalue weighted by atomic mass is 16.2. The van der Waals surface area contributed by atoms with Crippen LogP contribution in [0.2, 0.25) is 0 Å². The van der Waals surface area contributed by atoms with Gasteiger partial charge in [0, 0.05) is 30.8 Å². The Hall–Kier alpha value is -2.62. The van der Waals surface area contributed by atoms with Gasteiger partial charge in [0.05, 0.1) is 0 Å². The molecule has 0 aromatic heterocycles. The minimum atomic E-state index is 0.0791. The number of nitrogens with zero attached hydrogens (tertiary/aromatic N) is 1. The van der Waals surface area contributed by atoms with Crippen molar-refractivity contribution < 1.29 is 9.59 Å². The molecular weight excluding hydrogens is 348 g/mol. The molecular formula is C24H30N2O2. The van der Waals surface area contributed by atoms with Crippen molar-refractivity contribution in [3.63, 3.8) is 0 Å². The molecule has 0 fully saturated rings. The van der Waals surface area contributed by atoms with Crippen molar-refractivity contribution >= 4 is 17.5 Å². The smallest absolute Gasteiger partial charge is 0.253 e. The topological polar surface area (TPSA) is 49.4 Å². The zero-order chi connectivity index (χ0) is 20.3. The van der Waals surface area contributed by atoms with E-state index in [0.29, 0.717) is 18.3 Å².